The standard InChI is InChI=1S/C25H43BO2/c1-22(2)18-9-11-24(22,5)20(15-18)26(13-8-14-28-17-27-7)21-16-19-10-12-25(21,6)23(19,3)4/h8,14,18-21H,9-13,15-17H2,1-7H3/t18-,19-,20+,21+,24-,25-/m0/s1. The van der Waals surface area contributed by atoms with Gasteiger partial charge in [-0.3, -0.25) is 0 Å². The molecule has 4 rings (SSSR count). The van der Waals surface area contributed by atoms with E-state index < -0.39 is 0 Å². The monoisotopic (exact) mass is 386 g/mol. The summed E-state index contributed by atoms with van der Waals surface area (Å²) in [5.74, 6) is 3.59. The van der Waals surface area contributed by atoms with Crippen LogP contribution in [0.15, 0.2) is 12.3 Å². The van der Waals surface area contributed by atoms with Crippen LogP contribution in [0.25, 0.3) is 0 Å². The highest BCUT2D eigenvalue weighted by molar-refractivity contribution is 6.63. The van der Waals surface area contributed by atoms with Gasteiger partial charge in [0.1, 0.15) is 0 Å². The summed E-state index contributed by atoms with van der Waals surface area (Å²) < 4.78 is 10.6. The quantitative estimate of drug-likeness (QED) is 0.202. The third-order valence-corrected chi connectivity index (χ3v) is 11.5. The summed E-state index contributed by atoms with van der Waals surface area (Å²) in [7, 11) is 1.69. The zero-order valence-electron chi connectivity index (χ0n) is 19.5. The van der Waals surface area contributed by atoms with Gasteiger partial charge in [0, 0.05) is 7.11 Å². The van der Waals surface area contributed by atoms with E-state index in [1.165, 1.54) is 44.8 Å². The minimum Gasteiger partial charge on any atom is -0.476 e. The molecule has 4 bridgehead atoms. The van der Waals surface area contributed by atoms with E-state index >= 15 is 0 Å². The van der Waals surface area contributed by atoms with E-state index in [0.717, 1.165) is 30.2 Å². The molecule has 28 heavy (non-hydrogen) atoms. The fraction of sp³-hybridized carbons (Fsp3) is 0.920. The minimum absolute atomic E-state index is 0.355. The van der Waals surface area contributed by atoms with Crippen molar-refractivity contribution in [1.82, 2.24) is 0 Å². The molecule has 3 heteroatoms. The smallest absolute Gasteiger partial charge is 0.187 e. The Bertz CT molecular complexity index is 582. The van der Waals surface area contributed by atoms with Crippen LogP contribution in [0.4, 0.5) is 0 Å². The molecule has 4 fully saturated rings. The SMILES string of the molecule is COCOC=CCB([C@@H]1C[C@@H]2CC[C@]1(C)C2(C)C)[C@@H]1C[C@@H]2CC[C@]1(C)C2(C)C. The Balaban J connectivity index is 1.62. The first-order valence-electron chi connectivity index (χ1n) is 11.8. The molecule has 0 unspecified atom stereocenters. The maximum atomic E-state index is 5.51. The van der Waals surface area contributed by atoms with Crippen LogP contribution in [0.2, 0.25) is 18.0 Å². The number of hydrogen-bond acceptors (Lipinski definition) is 2. The van der Waals surface area contributed by atoms with E-state index in [0.29, 0.717) is 28.5 Å². The number of ether oxygens (including phenoxy) is 2. The molecule has 4 aliphatic rings. The second-order valence-corrected chi connectivity index (χ2v) is 12.3. The van der Waals surface area contributed by atoms with Crippen molar-refractivity contribution >= 4 is 6.71 Å². The van der Waals surface area contributed by atoms with Gasteiger partial charge in [-0.1, -0.05) is 78.4 Å². The largest absolute Gasteiger partial charge is 0.476 e. The van der Waals surface area contributed by atoms with E-state index in [1.807, 2.05) is 6.26 Å². The van der Waals surface area contributed by atoms with Crippen molar-refractivity contribution in [2.45, 2.75) is 98.0 Å². The zero-order chi connectivity index (χ0) is 20.4. The lowest BCUT2D eigenvalue weighted by atomic mass is 9.24. The molecular weight excluding hydrogens is 343 g/mol. The molecular formula is C25H43BO2. The first-order chi connectivity index (χ1) is 13.1. The predicted octanol–water partition coefficient (Wildman–Crippen LogP) is 7.05. The molecule has 0 N–H and O–H groups in total. The maximum Gasteiger partial charge on any atom is 0.187 e. The van der Waals surface area contributed by atoms with Gasteiger partial charge in [0.15, 0.2) is 13.5 Å². The van der Waals surface area contributed by atoms with Gasteiger partial charge >= 0.3 is 0 Å². The van der Waals surface area contributed by atoms with E-state index in [1.54, 1.807) is 7.11 Å². The second kappa shape index (κ2) is 6.79. The molecule has 0 heterocycles. The Morgan fingerprint density at radius 2 is 1.36 bits per heavy atom. The minimum atomic E-state index is 0.355. The fourth-order valence-corrected chi connectivity index (χ4v) is 8.82. The van der Waals surface area contributed by atoms with Gasteiger partial charge in [0.25, 0.3) is 0 Å². The second-order valence-electron chi connectivity index (χ2n) is 12.3. The Hall–Kier alpha value is -0.435. The summed E-state index contributed by atoms with van der Waals surface area (Å²) >= 11 is 0. The van der Waals surface area contributed by atoms with E-state index in [2.05, 4.69) is 47.6 Å². The Morgan fingerprint density at radius 3 is 1.71 bits per heavy atom. The van der Waals surface area contributed by atoms with Crippen molar-refractivity contribution in [3.05, 3.63) is 12.3 Å². The van der Waals surface area contributed by atoms with Crippen LogP contribution in [0.1, 0.15) is 80.1 Å². The normalized spacial score (nSPS) is 45.2. The first kappa shape index (κ1) is 20.8. The number of allylic oxidation sites excluding steroid dienone is 1. The summed E-state index contributed by atoms with van der Waals surface area (Å²) in [5.41, 5.74) is 2.01. The van der Waals surface area contributed by atoms with Gasteiger partial charge in [-0.05, 0) is 59.2 Å². The zero-order valence-corrected chi connectivity index (χ0v) is 19.5. The summed E-state index contributed by atoms with van der Waals surface area (Å²) in [6, 6.07) is 0. The molecule has 0 aliphatic heterocycles. The Morgan fingerprint density at radius 1 is 0.857 bits per heavy atom. The highest BCUT2D eigenvalue weighted by atomic mass is 16.7. The average molecular weight is 386 g/mol. The van der Waals surface area contributed by atoms with Crippen LogP contribution in [0.3, 0.4) is 0 Å². The molecule has 6 atom stereocenters. The molecule has 0 spiro atoms. The van der Waals surface area contributed by atoms with Gasteiger partial charge in [-0.2, -0.15) is 0 Å². The van der Waals surface area contributed by atoms with E-state index in [4.69, 9.17) is 9.47 Å². The van der Waals surface area contributed by atoms with E-state index in [9.17, 15) is 0 Å². The van der Waals surface area contributed by atoms with Crippen LogP contribution in [-0.2, 0) is 9.47 Å². The third kappa shape index (κ3) is 2.63. The molecule has 4 aliphatic carbocycles. The molecule has 0 radical (unpaired) electrons. The number of methoxy groups -OCH3 is 1. The molecule has 0 saturated heterocycles. The Kier molecular flexibility index (Phi) is 5.05. The summed E-state index contributed by atoms with van der Waals surface area (Å²) in [6.07, 6.45) is 14.1. The third-order valence-electron chi connectivity index (χ3n) is 11.5. The molecule has 4 saturated carbocycles. The highest BCUT2D eigenvalue weighted by Crippen LogP contribution is 2.77. The van der Waals surface area contributed by atoms with Crippen molar-refractivity contribution in [1.29, 1.82) is 0 Å². The molecule has 2 nitrogen and oxygen atoms in total. The summed E-state index contributed by atoms with van der Waals surface area (Å²) in [6.45, 7) is 16.7. The molecule has 0 aromatic heterocycles. The van der Waals surface area contributed by atoms with Gasteiger partial charge in [-0.15, -0.1) is 0 Å². The van der Waals surface area contributed by atoms with Crippen molar-refractivity contribution in [2.24, 2.45) is 33.5 Å². The van der Waals surface area contributed by atoms with Crippen LogP contribution >= 0.6 is 0 Å². The maximum absolute atomic E-state index is 5.51. The molecule has 0 aromatic carbocycles. The average Bonchev–Trinajstić information content (AvgIpc) is 3.16. The first-order valence-corrected chi connectivity index (χ1v) is 11.8. The van der Waals surface area contributed by atoms with E-state index in [-0.39, 0.29) is 0 Å². The summed E-state index contributed by atoms with van der Waals surface area (Å²) in [4.78, 5) is 0. The van der Waals surface area contributed by atoms with Crippen molar-refractivity contribution in [2.75, 3.05) is 13.9 Å². The van der Waals surface area contributed by atoms with Gasteiger partial charge in [-0.25, -0.2) is 0 Å². The van der Waals surface area contributed by atoms with Crippen LogP contribution in [-0.4, -0.2) is 20.6 Å². The highest BCUT2D eigenvalue weighted by Gasteiger charge is 2.68. The topological polar surface area (TPSA) is 18.5 Å². The fourth-order valence-electron chi connectivity index (χ4n) is 8.82. The lowest BCUT2D eigenvalue weighted by Crippen LogP contribution is -2.43. The molecule has 0 amide bonds. The van der Waals surface area contributed by atoms with Gasteiger partial charge < -0.3 is 9.47 Å². The lowest BCUT2D eigenvalue weighted by Gasteiger charge is -2.48. The Labute approximate surface area is 174 Å². The van der Waals surface area contributed by atoms with Crippen LogP contribution in [0.5, 0.6) is 0 Å². The molecule has 158 valence electrons. The number of fused-ring (bicyclic) bond motifs is 4. The summed E-state index contributed by atoms with van der Waals surface area (Å²) in [5, 5.41) is 0. The van der Waals surface area contributed by atoms with Gasteiger partial charge in [0.05, 0.1) is 6.26 Å². The number of rotatable bonds is 7. The van der Waals surface area contributed by atoms with Crippen LogP contribution < -0.4 is 0 Å². The van der Waals surface area contributed by atoms with Crippen molar-refractivity contribution in [3.8, 4) is 0 Å². The lowest BCUT2D eigenvalue weighted by molar-refractivity contribution is 0.0197. The van der Waals surface area contributed by atoms with Crippen molar-refractivity contribution < 1.29 is 9.47 Å². The van der Waals surface area contributed by atoms with Gasteiger partial charge in [0.2, 0.25) is 0 Å². The number of hydrogen-bond donors (Lipinski definition) is 0. The van der Waals surface area contributed by atoms with Crippen LogP contribution in [0, 0.1) is 33.5 Å². The van der Waals surface area contributed by atoms with Crippen molar-refractivity contribution in [3.63, 3.8) is 0 Å². The predicted molar refractivity (Wildman–Crippen MR) is 119 cm³/mol. The molecule has 0 aromatic rings.